The summed E-state index contributed by atoms with van der Waals surface area (Å²) in [5.74, 6) is 1.36. The number of aromatic nitrogens is 1. The van der Waals surface area contributed by atoms with Gasteiger partial charge >= 0.3 is 0 Å². The second kappa shape index (κ2) is 6.95. The predicted molar refractivity (Wildman–Crippen MR) is 85.0 cm³/mol. The molecule has 0 saturated carbocycles. The van der Waals surface area contributed by atoms with Crippen molar-refractivity contribution in [2.75, 3.05) is 0 Å². The lowest BCUT2D eigenvalue weighted by Gasteiger charge is -2.13. The molecule has 0 aliphatic rings. The highest BCUT2D eigenvalue weighted by Crippen LogP contribution is 2.22. The maximum atomic E-state index is 9.23. The van der Waals surface area contributed by atoms with Gasteiger partial charge in [0.2, 0.25) is 0 Å². The highest BCUT2D eigenvalue weighted by atomic mass is 16.5. The van der Waals surface area contributed by atoms with Gasteiger partial charge in [-0.25, -0.2) is 0 Å². The number of hydrogen-bond acceptors (Lipinski definition) is 4. The first-order valence-corrected chi connectivity index (χ1v) is 7.26. The molecule has 0 bridgehead atoms. The molecule has 0 fully saturated rings. The van der Waals surface area contributed by atoms with Crippen LogP contribution in [0.1, 0.15) is 36.4 Å². The van der Waals surface area contributed by atoms with E-state index in [-0.39, 0.29) is 6.10 Å². The Morgan fingerprint density at radius 3 is 2.50 bits per heavy atom. The SMILES string of the molecule is Cc1ccc(OCc2ccc(OC(C)C)c(C#N)c2)c(C)n1. The average Bonchev–Trinajstić information content (AvgIpc) is 2.47. The molecule has 114 valence electrons. The highest BCUT2D eigenvalue weighted by Gasteiger charge is 2.08. The summed E-state index contributed by atoms with van der Waals surface area (Å²) in [6.07, 6.45) is 0.0375. The second-order valence-corrected chi connectivity index (χ2v) is 5.43. The molecule has 4 nitrogen and oxygen atoms in total. The monoisotopic (exact) mass is 296 g/mol. The Hall–Kier alpha value is -2.54. The Morgan fingerprint density at radius 1 is 1.14 bits per heavy atom. The zero-order chi connectivity index (χ0) is 16.1. The van der Waals surface area contributed by atoms with Crippen molar-refractivity contribution in [1.29, 1.82) is 5.26 Å². The van der Waals surface area contributed by atoms with Crippen LogP contribution in [0.15, 0.2) is 30.3 Å². The van der Waals surface area contributed by atoms with E-state index in [1.165, 1.54) is 0 Å². The number of ether oxygens (including phenoxy) is 2. The van der Waals surface area contributed by atoms with Crippen molar-refractivity contribution < 1.29 is 9.47 Å². The van der Waals surface area contributed by atoms with Crippen LogP contribution in [0.2, 0.25) is 0 Å². The lowest BCUT2D eigenvalue weighted by atomic mass is 10.1. The molecule has 0 spiro atoms. The summed E-state index contributed by atoms with van der Waals surface area (Å²) in [6, 6.07) is 11.5. The van der Waals surface area contributed by atoms with Gasteiger partial charge in [-0.1, -0.05) is 6.07 Å². The first-order valence-electron chi connectivity index (χ1n) is 7.26. The fourth-order valence-corrected chi connectivity index (χ4v) is 2.10. The number of hydrogen-bond donors (Lipinski definition) is 0. The normalized spacial score (nSPS) is 10.4. The van der Waals surface area contributed by atoms with E-state index in [2.05, 4.69) is 11.1 Å². The molecule has 1 heterocycles. The highest BCUT2D eigenvalue weighted by molar-refractivity contribution is 5.45. The van der Waals surface area contributed by atoms with Crippen LogP contribution in [-0.4, -0.2) is 11.1 Å². The first kappa shape index (κ1) is 15.8. The third kappa shape index (κ3) is 3.98. The molecule has 1 aromatic carbocycles. The molecule has 0 amide bonds. The van der Waals surface area contributed by atoms with Crippen LogP contribution in [0, 0.1) is 25.2 Å². The van der Waals surface area contributed by atoms with Gasteiger partial charge in [0.15, 0.2) is 0 Å². The Bertz CT molecular complexity index is 703. The smallest absolute Gasteiger partial charge is 0.141 e. The van der Waals surface area contributed by atoms with Crippen molar-refractivity contribution in [3.05, 3.63) is 52.8 Å². The Kier molecular flexibility index (Phi) is 5.00. The number of aryl methyl sites for hydroxylation is 2. The summed E-state index contributed by atoms with van der Waals surface area (Å²) in [5.41, 5.74) is 3.27. The average molecular weight is 296 g/mol. The van der Waals surface area contributed by atoms with Crippen LogP contribution in [0.3, 0.4) is 0 Å². The molecule has 1 aromatic heterocycles. The minimum atomic E-state index is 0.0375. The minimum absolute atomic E-state index is 0.0375. The molecule has 0 saturated heterocycles. The van der Waals surface area contributed by atoms with E-state index in [4.69, 9.17) is 9.47 Å². The summed E-state index contributed by atoms with van der Waals surface area (Å²) in [6.45, 7) is 8.13. The molecule has 4 heteroatoms. The van der Waals surface area contributed by atoms with Crippen LogP contribution in [-0.2, 0) is 6.61 Å². The minimum Gasteiger partial charge on any atom is -0.490 e. The van der Waals surface area contributed by atoms with Gasteiger partial charge in [0.05, 0.1) is 17.4 Å². The molecule has 2 aromatic rings. The van der Waals surface area contributed by atoms with Crippen LogP contribution in [0.4, 0.5) is 0 Å². The van der Waals surface area contributed by atoms with E-state index in [1.807, 2.05) is 52.0 Å². The zero-order valence-electron chi connectivity index (χ0n) is 13.4. The van der Waals surface area contributed by atoms with Gasteiger partial charge in [-0.3, -0.25) is 4.98 Å². The van der Waals surface area contributed by atoms with Gasteiger partial charge < -0.3 is 9.47 Å². The number of nitriles is 1. The van der Waals surface area contributed by atoms with Crippen molar-refractivity contribution in [2.24, 2.45) is 0 Å². The Labute approximate surface area is 131 Å². The van der Waals surface area contributed by atoms with Gasteiger partial charge in [0.25, 0.3) is 0 Å². The number of benzene rings is 1. The molecule has 0 aliphatic heterocycles. The summed E-state index contributed by atoms with van der Waals surface area (Å²) in [7, 11) is 0. The quantitative estimate of drug-likeness (QED) is 0.838. The second-order valence-electron chi connectivity index (χ2n) is 5.43. The van der Waals surface area contributed by atoms with Crippen molar-refractivity contribution in [3.63, 3.8) is 0 Å². The van der Waals surface area contributed by atoms with Gasteiger partial charge in [-0.15, -0.1) is 0 Å². The van der Waals surface area contributed by atoms with E-state index in [0.29, 0.717) is 17.9 Å². The van der Waals surface area contributed by atoms with Gasteiger partial charge in [-0.2, -0.15) is 5.26 Å². The van der Waals surface area contributed by atoms with Crippen molar-refractivity contribution in [1.82, 2.24) is 4.98 Å². The maximum absolute atomic E-state index is 9.23. The molecule has 0 unspecified atom stereocenters. The molecule has 0 N–H and O–H groups in total. The fourth-order valence-electron chi connectivity index (χ4n) is 2.10. The lowest BCUT2D eigenvalue weighted by Crippen LogP contribution is -2.07. The van der Waals surface area contributed by atoms with Crippen LogP contribution < -0.4 is 9.47 Å². The Balaban J connectivity index is 2.12. The van der Waals surface area contributed by atoms with Crippen molar-refractivity contribution in [2.45, 2.75) is 40.4 Å². The zero-order valence-corrected chi connectivity index (χ0v) is 13.4. The molecule has 0 radical (unpaired) electrons. The van der Waals surface area contributed by atoms with Gasteiger partial charge in [0, 0.05) is 5.69 Å². The topological polar surface area (TPSA) is 55.1 Å². The third-order valence-corrected chi connectivity index (χ3v) is 3.10. The van der Waals surface area contributed by atoms with E-state index in [0.717, 1.165) is 22.7 Å². The van der Waals surface area contributed by atoms with Crippen LogP contribution >= 0.6 is 0 Å². The third-order valence-electron chi connectivity index (χ3n) is 3.10. The standard InChI is InChI=1S/C18H20N2O2/c1-12(2)22-18-8-6-15(9-16(18)10-19)11-21-17-7-5-13(3)20-14(17)4/h5-9,12H,11H2,1-4H3. The van der Waals surface area contributed by atoms with Crippen LogP contribution in [0.25, 0.3) is 0 Å². The number of nitrogens with zero attached hydrogens (tertiary/aromatic N) is 2. The lowest BCUT2D eigenvalue weighted by molar-refractivity contribution is 0.241. The Morgan fingerprint density at radius 2 is 1.86 bits per heavy atom. The number of pyridine rings is 1. The molecule has 2 rings (SSSR count). The van der Waals surface area contributed by atoms with Crippen molar-refractivity contribution in [3.8, 4) is 17.6 Å². The summed E-state index contributed by atoms with van der Waals surface area (Å²) in [4.78, 5) is 4.37. The van der Waals surface area contributed by atoms with E-state index in [1.54, 1.807) is 6.07 Å². The van der Waals surface area contributed by atoms with E-state index in [9.17, 15) is 5.26 Å². The maximum Gasteiger partial charge on any atom is 0.141 e. The fraction of sp³-hybridized carbons (Fsp3) is 0.333. The van der Waals surface area contributed by atoms with E-state index < -0.39 is 0 Å². The molecule has 22 heavy (non-hydrogen) atoms. The molecule has 0 atom stereocenters. The largest absolute Gasteiger partial charge is 0.490 e. The molecule has 0 aliphatic carbocycles. The van der Waals surface area contributed by atoms with Crippen LogP contribution in [0.5, 0.6) is 11.5 Å². The van der Waals surface area contributed by atoms with Gasteiger partial charge in [-0.05, 0) is 57.5 Å². The summed E-state index contributed by atoms with van der Waals surface area (Å²) < 4.78 is 11.4. The molecular formula is C18H20N2O2. The first-order chi connectivity index (χ1) is 10.5. The summed E-state index contributed by atoms with van der Waals surface area (Å²) in [5, 5.41) is 9.23. The van der Waals surface area contributed by atoms with Gasteiger partial charge in [0.1, 0.15) is 24.2 Å². The predicted octanol–water partition coefficient (Wildman–Crippen LogP) is 3.94. The number of rotatable bonds is 5. The molecular weight excluding hydrogens is 276 g/mol. The van der Waals surface area contributed by atoms with Crippen molar-refractivity contribution >= 4 is 0 Å². The summed E-state index contributed by atoms with van der Waals surface area (Å²) >= 11 is 0. The van der Waals surface area contributed by atoms with E-state index >= 15 is 0 Å².